The second-order valence-corrected chi connectivity index (χ2v) is 9.75. The van der Waals surface area contributed by atoms with Crippen molar-refractivity contribution in [1.82, 2.24) is 4.98 Å². The molecule has 0 saturated carbocycles. The van der Waals surface area contributed by atoms with Gasteiger partial charge in [-0.25, -0.2) is 0 Å². The number of aliphatic hydroxyl groups is 1. The maximum absolute atomic E-state index is 10.0. The Balaban J connectivity index is 0.000000422. The molecule has 0 saturated heterocycles. The largest absolute Gasteiger partial charge is 0.512 e. The summed E-state index contributed by atoms with van der Waals surface area (Å²) in [6.07, 6.45) is 1.17. The topological polar surface area (TPSA) is 50.2 Å². The van der Waals surface area contributed by atoms with E-state index in [0.717, 1.165) is 16.1 Å². The quantitative estimate of drug-likeness (QED) is 0.117. The monoisotopic (exact) mass is 683 g/mol. The van der Waals surface area contributed by atoms with Crippen molar-refractivity contribution in [2.24, 2.45) is 0 Å². The zero-order valence-electron chi connectivity index (χ0n) is 21.2. The minimum Gasteiger partial charge on any atom is -0.512 e. The number of carbonyl (C=O) groups excluding carboxylic acids is 1. The summed E-state index contributed by atoms with van der Waals surface area (Å²) < 4.78 is 0. The third kappa shape index (κ3) is 7.11. The van der Waals surface area contributed by atoms with Crippen LogP contribution in [0.5, 0.6) is 0 Å². The van der Waals surface area contributed by atoms with Crippen LogP contribution in [0.1, 0.15) is 25.0 Å². The first-order chi connectivity index (χ1) is 17.3. The molecule has 5 rings (SSSR count). The Hall–Kier alpha value is -3.37. The van der Waals surface area contributed by atoms with E-state index in [4.69, 9.17) is 10.1 Å². The van der Waals surface area contributed by atoms with Gasteiger partial charge in [0.2, 0.25) is 0 Å². The number of pyridine rings is 1. The van der Waals surface area contributed by atoms with Crippen molar-refractivity contribution < 1.29 is 30.0 Å². The maximum atomic E-state index is 10.0. The molecule has 0 aliphatic rings. The number of thiophene rings is 1. The van der Waals surface area contributed by atoms with Crippen LogP contribution in [0, 0.1) is 19.9 Å². The van der Waals surface area contributed by atoms with Crippen LogP contribution in [0.3, 0.4) is 0 Å². The number of nitrogens with zero attached hydrogens (tertiary/aromatic N) is 1. The van der Waals surface area contributed by atoms with Crippen molar-refractivity contribution in [3.63, 3.8) is 0 Å². The van der Waals surface area contributed by atoms with Crippen molar-refractivity contribution in [2.45, 2.75) is 27.7 Å². The Kier molecular flexibility index (Phi) is 9.71. The van der Waals surface area contributed by atoms with Gasteiger partial charge in [-0.1, -0.05) is 54.6 Å². The van der Waals surface area contributed by atoms with E-state index in [-0.39, 0.29) is 31.6 Å². The number of fused-ring (bicyclic) bond motifs is 1. The molecule has 1 radical (unpaired) electrons. The van der Waals surface area contributed by atoms with Crippen LogP contribution in [0.25, 0.3) is 43.0 Å². The van der Waals surface area contributed by atoms with Gasteiger partial charge in [-0.05, 0) is 67.3 Å². The van der Waals surface area contributed by atoms with Gasteiger partial charge in [0, 0.05) is 36.4 Å². The number of aryl methyl sites for hydroxylation is 2. The first kappa shape index (κ1) is 28.2. The first-order valence-corrected chi connectivity index (χ1v) is 12.6. The fourth-order valence-electron chi connectivity index (χ4n) is 4.13. The molecule has 1 N–H and O–H groups in total. The average Bonchev–Trinajstić information content (AvgIpc) is 3.28. The molecule has 5 aromatic rings. The Morgan fingerprint density at radius 1 is 0.892 bits per heavy atom. The number of aliphatic hydroxyl groups excluding tert-OH is 1. The van der Waals surface area contributed by atoms with Gasteiger partial charge in [-0.2, -0.15) is 0 Å². The molecule has 0 unspecified atom stereocenters. The molecule has 0 fully saturated rings. The molecule has 3 aromatic carbocycles. The van der Waals surface area contributed by atoms with E-state index in [0.29, 0.717) is 0 Å². The summed E-state index contributed by atoms with van der Waals surface area (Å²) in [5, 5.41) is 9.55. The smallest absolute Gasteiger partial charge is 0.155 e. The Morgan fingerprint density at radius 3 is 2.14 bits per heavy atom. The van der Waals surface area contributed by atoms with Gasteiger partial charge < -0.3 is 5.11 Å². The van der Waals surface area contributed by atoms with Crippen LogP contribution in [-0.4, -0.2) is 15.9 Å². The molecule has 0 amide bonds. The molecule has 189 valence electrons. The van der Waals surface area contributed by atoms with Gasteiger partial charge in [-0.15, -0.1) is 47.2 Å². The van der Waals surface area contributed by atoms with Crippen molar-refractivity contribution in [2.75, 3.05) is 0 Å². The average molecular weight is 683 g/mol. The Morgan fingerprint density at radius 2 is 1.57 bits per heavy atom. The molecule has 0 atom stereocenters. The van der Waals surface area contributed by atoms with Gasteiger partial charge in [0.15, 0.2) is 5.78 Å². The number of allylic oxidation sites excluding steroid dienone is 2. The van der Waals surface area contributed by atoms with E-state index in [2.05, 4.69) is 86.6 Å². The van der Waals surface area contributed by atoms with Crippen LogP contribution >= 0.6 is 11.3 Å². The van der Waals surface area contributed by atoms with Gasteiger partial charge in [0.25, 0.3) is 0 Å². The second kappa shape index (κ2) is 12.7. The molecular formula is C32H28IrNO2S-. The summed E-state index contributed by atoms with van der Waals surface area (Å²) in [5.74, 6) is -0.0625. The van der Waals surface area contributed by atoms with Gasteiger partial charge >= 0.3 is 0 Å². The Labute approximate surface area is 235 Å². The van der Waals surface area contributed by atoms with Crippen LogP contribution in [0.4, 0.5) is 0 Å². The van der Waals surface area contributed by atoms with Crippen molar-refractivity contribution in [3.05, 3.63) is 114 Å². The molecule has 2 heterocycles. The van der Waals surface area contributed by atoms with E-state index in [1.807, 2.05) is 18.2 Å². The molecule has 37 heavy (non-hydrogen) atoms. The fourth-order valence-corrected chi connectivity index (χ4v) is 5.16. The maximum Gasteiger partial charge on any atom is 0.155 e. The van der Waals surface area contributed by atoms with E-state index in [1.54, 1.807) is 11.3 Å². The SMILES string of the molecule is CC(=O)/C=C(/C)O.Cc1cccc(C)c1-c1ccc(-c2cc3ccc(-c4[c-]cccc4)nc3s2)cc1.[Ir]. The van der Waals surface area contributed by atoms with Crippen LogP contribution in [-0.2, 0) is 24.9 Å². The summed E-state index contributed by atoms with van der Waals surface area (Å²) in [5.41, 5.74) is 8.46. The molecule has 3 nitrogen and oxygen atoms in total. The molecule has 0 aliphatic heterocycles. The Bertz CT molecular complexity index is 1510. The fraction of sp³-hybridized carbons (Fsp3) is 0.125. The van der Waals surface area contributed by atoms with Crippen LogP contribution < -0.4 is 0 Å². The number of carbonyl (C=O) groups is 1. The third-order valence-corrected chi connectivity index (χ3v) is 6.81. The zero-order valence-corrected chi connectivity index (χ0v) is 24.4. The third-order valence-electron chi connectivity index (χ3n) is 5.72. The number of hydrogen-bond donors (Lipinski definition) is 1. The molecule has 0 bridgehead atoms. The summed E-state index contributed by atoms with van der Waals surface area (Å²) in [6.45, 7) is 7.20. The summed E-state index contributed by atoms with van der Waals surface area (Å²) in [4.78, 5) is 17.2. The number of ketones is 1. The summed E-state index contributed by atoms with van der Waals surface area (Å²) in [6, 6.07) is 33.1. The number of benzene rings is 3. The molecule has 0 aliphatic carbocycles. The number of rotatable bonds is 4. The van der Waals surface area contributed by atoms with Crippen LogP contribution in [0.2, 0.25) is 0 Å². The van der Waals surface area contributed by atoms with Gasteiger partial charge in [0.05, 0.1) is 5.76 Å². The van der Waals surface area contributed by atoms with E-state index < -0.39 is 0 Å². The van der Waals surface area contributed by atoms with E-state index >= 15 is 0 Å². The number of aromatic nitrogens is 1. The number of hydrogen-bond acceptors (Lipinski definition) is 4. The van der Waals surface area contributed by atoms with Gasteiger partial charge in [0.1, 0.15) is 4.83 Å². The molecule has 0 spiro atoms. The van der Waals surface area contributed by atoms with Crippen molar-refractivity contribution in [3.8, 4) is 32.8 Å². The minimum absolute atomic E-state index is 0. The predicted octanol–water partition coefficient (Wildman–Crippen LogP) is 8.75. The summed E-state index contributed by atoms with van der Waals surface area (Å²) in [7, 11) is 0. The molecule has 2 aromatic heterocycles. The first-order valence-electron chi connectivity index (χ1n) is 11.7. The van der Waals surface area contributed by atoms with E-state index in [9.17, 15) is 4.79 Å². The zero-order chi connectivity index (χ0) is 25.7. The second-order valence-electron chi connectivity index (χ2n) is 8.72. The molecular weight excluding hydrogens is 655 g/mol. The van der Waals surface area contributed by atoms with Gasteiger partial charge in [-0.3, -0.25) is 9.78 Å². The normalized spacial score (nSPS) is 10.9. The predicted molar refractivity (Wildman–Crippen MR) is 151 cm³/mol. The van der Waals surface area contributed by atoms with Crippen LogP contribution in [0.15, 0.2) is 96.8 Å². The van der Waals surface area contributed by atoms with Crippen molar-refractivity contribution in [1.29, 1.82) is 0 Å². The summed E-state index contributed by atoms with van der Waals surface area (Å²) >= 11 is 1.74. The van der Waals surface area contributed by atoms with E-state index in [1.165, 1.54) is 58.0 Å². The van der Waals surface area contributed by atoms with Crippen molar-refractivity contribution >= 4 is 27.3 Å². The minimum atomic E-state index is -0.125. The molecule has 5 heteroatoms. The standard InChI is InChI=1S/C27H20NS.C5H8O2.Ir/c1-18-7-6-8-19(2)26(18)22-13-11-21(12-14-22)25-17-23-15-16-24(28-27(23)29-25)20-9-4-3-5-10-20;1-4(6)3-5(2)7;/h3-9,11-17H,1-2H3;3,6H,1-2H3;/q-1;;/b;4-3-;.